The first-order valence-electron chi connectivity index (χ1n) is 8.52. The predicted molar refractivity (Wildman–Crippen MR) is 84.8 cm³/mol. The highest BCUT2D eigenvalue weighted by Crippen LogP contribution is 2.18. The number of piperidine rings is 1. The van der Waals surface area contributed by atoms with Crippen LogP contribution in [0.5, 0.6) is 0 Å². The summed E-state index contributed by atoms with van der Waals surface area (Å²) in [5, 5.41) is 0. The molecule has 2 fully saturated rings. The van der Waals surface area contributed by atoms with Crippen LogP contribution in [0.4, 0.5) is 0 Å². The van der Waals surface area contributed by atoms with Crippen LogP contribution in [0.25, 0.3) is 0 Å². The van der Waals surface area contributed by atoms with Crippen molar-refractivity contribution in [2.45, 2.75) is 53.0 Å². The zero-order valence-corrected chi connectivity index (χ0v) is 13.7. The summed E-state index contributed by atoms with van der Waals surface area (Å²) in [6.07, 6.45) is 4.10. The van der Waals surface area contributed by atoms with Crippen molar-refractivity contribution < 1.29 is 0 Å². The average molecular weight is 269 g/mol. The van der Waals surface area contributed by atoms with E-state index in [0.717, 1.165) is 6.04 Å². The summed E-state index contributed by atoms with van der Waals surface area (Å²) in [6.45, 7) is 18.9. The third-order valence-corrected chi connectivity index (χ3v) is 4.47. The molecule has 0 aromatic carbocycles. The minimum Gasteiger partial charge on any atom is -0.303 e. The zero-order valence-electron chi connectivity index (χ0n) is 13.7. The maximum Gasteiger partial charge on any atom is 0.0121 e. The lowest BCUT2D eigenvalue weighted by atomic mass is 10.0. The summed E-state index contributed by atoms with van der Waals surface area (Å²) >= 11 is 0. The second-order valence-corrected chi connectivity index (χ2v) is 5.54. The Labute approximate surface area is 120 Å². The minimum atomic E-state index is 0.877. The molecular weight excluding hydrogens is 234 g/mol. The van der Waals surface area contributed by atoms with E-state index in [0.29, 0.717) is 0 Å². The zero-order chi connectivity index (χ0) is 14.1. The molecule has 2 rings (SSSR count). The van der Waals surface area contributed by atoms with Gasteiger partial charge in [-0.25, -0.2) is 0 Å². The molecule has 0 radical (unpaired) electrons. The van der Waals surface area contributed by atoms with Crippen LogP contribution in [0, 0.1) is 0 Å². The van der Waals surface area contributed by atoms with Gasteiger partial charge in [0.2, 0.25) is 0 Å². The molecule has 0 bridgehead atoms. The Kier molecular flexibility index (Phi) is 8.67. The minimum absolute atomic E-state index is 0.877. The van der Waals surface area contributed by atoms with Crippen LogP contribution in [-0.4, -0.2) is 73.1 Å². The third kappa shape index (κ3) is 5.41. The fourth-order valence-electron chi connectivity index (χ4n) is 3.27. The van der Waals surface area contributed by atoms with Crippen molar-refractivity contribution in [3.8, 4) is 0 Å². The van der Waals surface area contributed by atoms with Gasteiger partial charge in [-0.1, -0.05) is 27.7 Å². The number of rotatable bonds is 4. The van der Waals surface area contributed by atoms with E-state index in [2.05, 4.69) is 28.5 Å². The van der Waals surface area contributed by atoms with Gasteiger partial charge in [0.15, 0.2) is 0 Å². The highest BCUT2D eigenvalue weighted by Gasteiger charge is 2.26. The molecular formula is C16H35N3. The van der Waals surface area contributed by atoms with E-state index in [1.165, 1.54) is 71.6 Å². The molecule has 19 heavy (non-hydrogen) atoms. The average Bonchev–Trinajstić information content (AvgIpc) is 2.51. The van der Waals surface area contributed by atoms with E-state index in [-0.39, 0.29) is 0 Å². The lowest BCUT2D eigenvalue weighted by Crippen LogP contribution is -2.53. The second kappa shape index (κ2) is 9.73. The van der Waals surface area contributed by atoms with Crippen LogP contribution in [0.2, 0.25) is 0 Å². The Morgan fingerprint density at radius 3 is 1.84 bits per heavy atom. The fourth-order valence-corrected chi connectivity index (χ4v) is 3.27. The monoisotopic (exact) mass is 269 g/mol. The van der Waals surface area contributed by atoms with Crippen molar-refractivity contribution in [3.63, 3.8) is 0 Å². The van der Waals surface area contributed by atoms with Gasteiger partial charge in [-0.15, -0.1) is 0 Å². The molecule has 3 heteroatoms. The van der Waals surface area contributed by atoms with Gasteiger partial charge in [0.25, 0.3) is 0 Å². The molecule has 0 aliphatic carbocycles. The first kappa shape index (κ1) is 16.9. The maximum atomic E-state index is 2.75. The van der Waals surface area contributed by atoms with Crippen LogP contribution >= 0.6 is 0 Å². The summed E-state index contributed by atoms with van der Waals surface area (Å²) in [7, 11) is 0. The quantitative estimate of drug-likeness (QED) is 0.776. The van der Waals surface area contributed by atoms with Crippen molar-refractivity contribution in [3.05, 3.63) is 0 Å². The SMILES string of the molecule is CC.CCCN1CCC(N2CCN(CC)CC2)CC1. The summed E-state index contributed by atoms with van der Waals surface area (Å²) in [5.41, 5.74) is 0. The molecule has 2 saturated heterocycles. The molecule has 2 heterocycles. The van der Waals surface area contributed by atoms with Crippen LogP contribution in [-0.2, 0) is 0 Å². The van der Waals surface area contributed by atoms with E-state index < -0.39 is 0 Å². The van der Waals surface area contributed by atoms with Gasteiger partial charge in [0.05, 0.1) is 0 Å². The van der Waals surface area contributed by atoms with Gasteiger partial charge in [-0.2, -0.15) is 0 Å². The van der Waals surface area contributed by atoms with Gasteiger partial charge in [-0.05, 0) is 45.4 Å². The predicted octanol–water partition coefficient (Wildman–Crippen LogP) is 2.52. The highest BCUT2D eigenvalue weighted by atomic mass is 15.3. The molecule has 3 nitrogen and oxygen atoms in total. The molecule has 0 atom stereocenters. The van der Waals surface area contributed by atoms with Crippen molar-refractivity contribution >= 4 is 0 Å². The van der Waals surface area contributed by atoms with Gasteiger partial charge in [-0.3, -0.25) is 4.90 Å². The lowest BCUT2D eigenvalue weighted by Gasteiger charge is -2.42. The molecule has 2 aliphatic heterocycles. The van der Waals surface area contributed by atoms with E-state index in [4.69, 9.17) is 0 Å². The molecule has 0 aromatic rings. The Hall–Kier alpha value is -0.120. The molecule has 0 amide bonds. The Morgan fingerprint density at radius 2 is 1.37 bits per heavy atom. The number of likely N-dealkylation sites (tertiary alicyclic amines) is 1. The van der Waals surface area contributed by atoms with Crippen LogP contribution in [0.1, 0.15) is 47.0 Å². The number of piperazine rings is 1. The van der Waals surface area contributed by atoms with Gasteiger partial charge < -0.3 is 9.80 Å². The normalized spacial score (nSPS) is 24.0. The molecule has 0 saturated carbocycles. The summed E-state index contributed by atoms with van der Waals surface area (Å²) < 4.78 is 0. The first-order chi connectivity index (χ1) is 9.33. The van der Waals surface area contributed by atoms with Gasteiger partial charge >= 0.3 is 0 Å². The molecule has 114 valence electrons. The van der Waals surface area contributed by atoms with E-state index >= 15 is 0 Å². The van der Waals surface area contributed by atoms with Crippen molar-refractivity contribution in [1.82, 2.24) is 14.7 Å². The molecule has 2 aliphatic rings. The van der Waals surface area contributed by atoms with Crippen LogP contribution < -0.4 is 0 Å². The summed E-state index contributed by atoms with van der Waals surface area (Å²) in [6, 6.07) is 0.877. The largest absolute Gasteiger partial charge is 0.303 e. The van der Waals surface area contributed by atoms with Crippen molar-refractivity contribution in [2.24, 2.45) is 0 Å². The molecule has 0 spiro atoms. The van der Waals surface area contributed by atoms with E-state index in [1.54, 1.807) is 0 Å². The number of hydrogen-bond donors (Lipinski definition) is 0. The molecule has 0 aromatic heterocycles. The third-order valence-electron chi connectivity index (χ3n) is 4.47. The topological polar surface area (TPSA) is 9.72 Å². The standard InChI is InChI=1S/C14H29N3.C2H6/c1-3-7-16-8-5-14(6-9-16)17-12-10-15(4-2)11-13-17;1-2/h14H,3-13H2,1-2H3;1-2H3. The van der Waals surface area contributed by atoms with Crippen molar-refractivity contribution in [2.75, 3.05) is 52.4 Å². The fraction of sp³-hybridized carbons (Fsp3) is 1.00. The number of likely N-dealkylation sites (N-methyl/N-ethyl adjacent to an activating group) is 1. The Bertz CT molecular complexity index is 204. The van der Waals surface area contributed by atoms with Crippen LogP contribution in [0.15, 0.2) is 0 Å². The smallest absolute Gasteiger partial charge is 0.0121 e. The lowest BCUT2D eigenvalue weighted by molar-refractivity contribution is 0.0612. The number of hydrogen-bond acceptors (Lipinski definition) is 3. The molecule has 0 unspecified atom stereocenters. The summed E-state index contributed by atoms with van der Waals surface area (Å²) in [4.78, 5) is 7.96. The second-order valence-electron chi connectivity index (χ2n) is 5.54. The Balaban J connectivity index is 0.000000861. The maximum absolute atomic E-state index is 2.75. The summed E-state index contributed by atoms with van der Waals surface area (Å²) in [5.74, 6) is 0. The Morgan fingerprint density at radius 1 is 0.789 bits per heavy atom. The number of nitrogens with zero attached hydrogens (tertiary/aromatic N) is 3. The van der Waals surface area contributed by atoms with E-state index in [9.17, 15) is 0 Å². The highest BCUT2D eigenvalue weighted by molar-refractivity contribution is 4.83. The van der Waals surface area contributed by atoms with E-state index in [1.807, 2.05) is 13.8 Å². The van der Waals surface area contributed by atoms with Gasteiger partial charge in [0, 0.05) is 32.2 Å². The first-order valence-corrected chi connectivity index (χ1v) is 8.52. The van der Waals surface area contributed by atoms with Crippen molar-refractivity contribution in [1.29, 1.82) is 0 Å². The van der Waals surface area contributed by atoms with Crippen LogP contribution in [0.3, 0.4) is 0 Å². The molecule has 0 N–H and O–H groups in total. The van der Waals surface area contributed by atoms with Gasteiger partial charge in [0.1, 0.15) is 0 Å².